The van der Waals surface area contributed by atoms with E-state index < -0.39 is 11.9 Å². The third kappa shape index (κ3) is 5.87. The van der Waals surface area contributed by atoms with Crippen LogP contribution in [0.4, 0.5) is 0 Å². The monoisotopic (exact) mass is 520 g/mol. The van der Waals surface area contributed by atoms with E-state index in [-0.39, 0.29) is 11.8 Å². The molecule has 3 aromatic rings. The summed E-state index contributed by atoms with van der Waals surface area (Å²) in [6.45, 7) is 5.22. The van der Waals surface area contributed by atoms with Gasteiger partial charge in [-0.2, -0.15) is 0 Å². The van der Waals surface area contributed by atoms with E-state index in [0.717, 1.165) is 71.8 Å². The smallest absolute Gasteiger partial charge is 0.307 e. The van der Waals surface area contributed by atoms with Gasteiger partial charge in [-0.3, -0.25) is 19.4 Å². The Hall–Kier alpha value is -3.36. The molecule has 2 saturated heterocycles. The molecular formula is C30H36N2O6. The number of fused-ring (bicyclic) bond motifs is 2. The number of ether oxygens (including phenoxy) is 2. The van der Waals surface area contributed by atoms with Gasteiger partial charge in [0.15, 0.2) is 0 Å². The van der Waals surface area contributed by atoms with Crippen LogP contribution >= 0.6 is 0 Å². The van der Waals surface area contributed by atoms with E-state index >= 15 is 0 Å². The summed E-state index contributed by atoms with van der Waals surface area (Å²) in [6, 6.07) is 16.2. The minimum absolute atomic E-state index is 0.304. The van der Waals surface area contributed by atoms with Gasteiger partial charge in [0.2, 0.25) is 0 Å². The first kappa shape index (κ1) is 26.3. The normalized spacial score (nSPS) is 20.9. The Kier molecular flexibility index (Phi) is 8.29. The lowest BCUT2D eigenvalue weighted by Crippen LogP contribution is -2.40. The van der Waals surface area contributed by atoms with Crippen LogP contribution in [0.15, 0.2) is 48.5 Å². The molecule has 8 nitrogen and oxygen atoms in total. The van der Waals surface area contributed by atoms with E-state index in [1.165, 1.54) is 0 Å². The van der Waals surface area contributed by atoms with Crippen molar-refractivity contribution in [1.29, 1.82) is 0 Å². The molecule has 2 aliphatic heterocycles. The Morgan fingerprint density at radius 2 is 1.05 bits per heavy atom. The third-order valence-electron chi connectivity index (χ3n) is 7.85. The molecule has 0 spiro atoms. The van der Waals surface area contributed by atoms with Gasteiger partial charge in [-0.1, -0.05) is 48.5 Å². The minimum Gasteiger partial charge on any atom is -0.491 e. The molecule has 5 rings (SSSR count). The van der Waals surface area contributed by atoms with Crippen molar-refractivity contribution >= 4 is 33.5 Å². The van der Waals surface area contributed by atoms with Gasteiger partial charge < -0.3 is 19.7 Å². The standard InChI is InChI=1S/C30H36N2O6/c33-29(34)21-7-5-13-31(19-21)15-17-37-27-23-9-1-2-10-24(23)28(26-12-4-3-11-25(26)27)38-18-16-32-14-6-8-22(20-32)30(35)36/h1-4,9-12,21-22H,5-8,13-20H2,(H,33,34)(H,35,36). The molecule has 2 atom stereocenters. The zero-order chi connectivity index (χ0) is 26.5. The molecule has 38 heavy (non-hydrogen) atoms. The molecule has 8 heteroatoms. The van der Waals surface area contributed by atoms with Crippen molar-refractivity contribution in [3.8, 4) is 11.5 Å². The predicted molar refractivity (Wildman–Crippen MR) is 146 cm³/mol. The number of rotatable bonds is 10. The maximum Gasteiger partial charge on any atom is 0.307 e. The Balaban J connectivity index is 1.33. The summed E-state index contributed by atoms with van der Waals surface area (Å²) in [4.78, 5) is 27.2. The van der Waals surface area contributed by atoms with Crippen molar-refractivity contribution in [2.75, 3.05) is 52.5 Å². The van der Waals surface area contributed by atoms with Crippen molar-refractivity contribution in [3.63, 3.8) is 0 Å². The summed E-state index contributed by atoms with van der Waals surface area (Å²) in [5.74, 6) is -0.412. The fraction of sp³-hybridized carbons (Fsp3) is 0.467. The largest absolute Gasteiger partial charge is 0.491 e. The summed E-state index contributed by atoms with van der Waals surface area (Å²) in [5, 5.41) is 22.7. The molecular weight excluding hydrogens is 484 g/mol. The summed E-state index contributed by atoms with van der Waals surface area (Å²) >= 11 is 0. The Labute approximate surface area is 222 Å². The molecule has 0 aliphatic carbocycles. The lowest BCUT2D eigenvalue weighted by atomic mass is 9.98. The molecule has 2 aliphatic rings. The van der Waals surface area contributed by atoms with Crippen LogP contribution < -0.4 is 9.47 Å². The van der Waals surface area contributed by atoms with Crippen LogP contribution in [0.25, 0.3) is 21.5 Å². The SMILES string of the molecule is O=C(O)C1CCCN(CCOc2c3ccccc3c(OCCN3CCCC(C(=O)O)C3)c3ccccc23)C1. The number of likely N-dealkylation sites (tertiary alicyclic amines) is 2. The highest BCUT2D eigenvalue weighted by atomic mass is 16.5. The van der Waals surface area contributed by atoms with Gasteiger partial charge >= 0.3 is 11.9 Å². The predicted octanol–water partition coefficient (Wildman–Crippen LogP) is 4.34. The molecule has 202 valence electrons. The van der Waals surface area contributed by atoms with E-state index in [1.807, 2.05) is 48.5 Å². The summed E-state index contributed by atoms with van der Waals surface area (Å²) in [7, 11) is 0. The van der Waals surface area contributed by atoms with E-state index in [0.29, 0.717) is 39.4 Å². The lowest BCUT2D eigenvalue weighted by Gasteiger charge is -2.30. The first-order valence-corrected chi connectivity index (χ1v) is 13.6. The van der Waals surface area contributed by atoms with E-state index in [1.54, 1.807) is 0 Å². The van der Waals surface area contributed by atoms with Gasteiger partial charge in [0, 0.05) is 47.7 Å². The molecule has 0 bridgehead atoms. The zero-order valence-corrected chi connectivity index (χ0v) is 21.7. The maximum atomic E-state index is 11.4. The van der Waals surface area contributed by atoms with Crippen molar-refractivity contribution in [2.24, 2.45) is 11.8 Å². The van der Waals surface area contributed by atoms with Crippen molar-refractivity contribution in [3.05, 3.63) is 48.5 Å². The van der Waals surface area contributed by atoms with Gasteiger partial charge in [-0.05, 0) is 38.8 Å². The topological polar surface area (TPSA) is 99.5 Å². The molecule has 2 heterocycles. The number of hydrogen-bond donors (Lipinski definition) is 2. The number of nitrogens with zero attached hydrogens (tertiary/aromatic N) is 2. The molecule has 2 N–H and O–H groups in total. The lowest BCUT2D eigenvalue weighted by molar-refractivity contribution is -0.144. The van der Waals surface area contributed by atoms with Crippen molar-refractivity contribution in [2.45, 2.75) is 25.7 Å². The first-order valence-electron chi connectivity index (χ1n) is 13.6. The Bertz CT molecular complexity index is 1140. The van der Waals surface area contributed by atoms with E-state index in [2.05, 4.69) is 9.80 Å². The van der Waals surface area contributed by atoms with Crippen LogP contribution in [0, 0.1) is 11.8 Å². The quantitative estimate of drug-likeness (QED) is 0.381. The van der Waals surface area contributed by atoms with Gasteiger partial charge in [0.1, 0.15) is 24.7 Å². The molecule has 0 radical (unpaired) electrons. The van der Waals surface area contributed by atoms with Gasteiger partial charge in [0.05, 0.1) is 11.8 Å². The van der Waals surface area contributed by atoms with Crippen LogP contribution in [0.5, 0.6) is 11.5 Å². The molecule has 2 unspecified atom stereocenters. The third-order valence-corrected chi connectivity index (χ3v) is 7.85. The average Bonchev–Trinajstić information content (AvgIpc) is 2.94. The Morgan fingerprint density at radius 1 is 0.684 bits per heavy atom. The molecule has 2 fully saturated rings. The number of carboxylic acid groups (broad SMARTS) is 2. The number of aliphatic carboxylic acids is 2. The van der Waals surface area contributed by atoms with E-state index in [9.17, 15) is 19.8 Å². The van der Waals surface area contributed by atoms with Crippen LogP contribution in [0.1, 0.15) is 25.7 Å². The fourth-order valence-corrected chi connectivity index (χ4v) is 5.83. The highest BCUT2D eigenvalue weighted by Crippen LogP contribution is 2.42. The van der Waals surface area contributed by atoms with Gasteiger partial charge in [0.25, 0.3) is 0 Å². The summed E-state index contributed by atoms with van der Waals surface area (Å²) in [5.41, 5.74) is 0. The fourth-order valence-electron chi connectivity index (χ4n) is 5.83. The summed E-state index contributed by atoms with van der Waals surface area (Å²) in [6.07, 6.45) is 3.26. The van der Waals surface area contributed by atoms with E-state index in [4.69, 9.17) is 9.47 Å². The van der Waals surface area contributed by atoms with Crippen molar-refractivity contribution < 1.29 is 29.3 Å². The van der Waals surface area contributed by atoms with Crippen LogP contribution in [-0.4, -0.2) is 84.4 Å². The van der Waals surface area contributed by atoms with Crippen molar-refractivity contribution in [1.82, 2.24) is 9.80 Å². The second-order valence-corrected chi connectivity index (χ2v) is 10.4. The first-order chi connectivity index (χ1) is 18.5. The zero-order valence-electron chi connectivity index (χ0n) is 21.7. The second-order valence-electron chi connectivity index (χ2n) is 10.4. The van der Waals surface area contributed by atoms with Gasteiger partial charge in [-0.25, -0.2) is 0 Å². The molecule has 0 amide bonds. The molecule has 0 saturated carbocycles. The summed E-state index contributed by atoms with van der Waals surface area (Å²) < 4.78 is 12.8. The number of carbonyl (C=O) groups is 2. The maximum absolute atomic E-state index is 11.4. The number of piperidine rings is 2. The second kappa shape index (κ2) is 12.0. The highest BCUT2D eigenvalue weighted by Gasteiger charge is 2.26. The number of benzene rings is 3. The highest BCUT2D eigenvalue weighted by molar-refractivity contribution is 6.11. The molecule has 0 aromatic heterocycles. The number of carboxylic acids is 2. The average molecular weight is 521 g/mol. The van der Waals surface area contributed by atoms with Crippen LogP contribution in [0.3, 0.4) is 0 Å². The molecule has 3 aromatic carbocycles. The number of hydrogen-bond acceptors (Lipinski definition) is 6. The van der Waals surface area contributed by atoms with Gasteiger partial charge in [-0.15, -0.1) is 0 Å². The van der Waals surface area contributed by atoms with Crippen LogP contribution in [-0.2, 0) is 9.59 Å². The van der Waals surface area contributed by atoms with Crippen LogP contribution in [0.2, 0.25) is 0 Å². The minimum atomic E-state index is -0.717. The Morgan fingerprint density at radius 3 is 1.39 bits per heavy atom.